The van der Waals surface area contributed by atoms with E-state index in [1.165, 1.54) is 6.26 Å². The van der Waals surface area contributed by atoms with E-state index in [1.54, 1.807) is 30.6 Å². The van der Waals surface area contributed by atoms with Gasteiger partial charge in [-0.2, -0.15) is 0 Å². The second-order valence-electron chi connectivity index (χ2n) is 3.25. The highest BCUT2D eigenvalue weighted by Crippen LogP contribution is 2.12. The lowest BCUT2D eigenvalue weighted by Gasteiger charge is -2.01. The van der Waals surface area contributed by atoms with Crippen LogP contribution in [-0.4, -0.2) is 10.9 Å². The third kappa shape index (κ3) is 2.82. The quantitative estimate of drug-likeness (QED) is 0.464. The molecule has 0 spiro atoms. The fourth-order valence-corrected chi connectivity index (χ4v) is 1.25. The summed E-state index contributed by atoms with van der Waals surface area (Å²) in [4.78, 5) is 15.1. The van der Waals surface area contributed by atoms with Crippen molar-refractivity contribution in [1.29, 1.82) is 0 Å². The highest BCUT2D eigenvalue weighted by atomic mass is 16.5. The van der Waals surface area contributed by atoms with Crippen LogP contribution < -0.4 is 16.0 Å². The van der Waals surface area contributed by atoms with Crippen molar-refractivity contribution in [2.75, 3.05) is 0 Å². The number of nitrogen functional groups attached to an aromatic ring is 1. The Morgan fingerprint density at radius 3 is 3.18 bits per heavy atom. The number of rotatable bonds is 4. The zero-order valence-corrected chi connectivity index (χ0v) is 8.92. The van der Waals surface area contributed by atoms with Gasteiger partial charge >= 0.3 is 0 Å². The Morgan fingerprint density at radius 2 is 2.47 bits per heavy atom. The first kappa shape index (κ1) is 11.2. The zero-order chi connectivity index (χ0) is 12.1. The van der Waals surface area contributed by atoms with Crippen LogP contribution in [0.5, 0.6) is 5.75 Å². The van der Waals surface area contributed by atoms with Gasteiger partial charge in [0.1, 0.15) is 24.4 Å². The van der Waals surface area contributed by atoms with E-state index in [1.807, 2.05) is 5.43 Å². The van der Waals surface area contributed by atoms with Crippen molar-refractivity contribution < 1.29 is 13.9 Å². The average molecular weight is 233 g/mol. The minimum Gasteiger partial charge on any atom is -0.484 e. The van der Waals surface area contributed by atoms with Gasteiger partial charge in [-0.25, -0.2) is 5.84 Å². The van der Waals surface area contributed by atoms with Gasteiger partial charge in [0.05, 0.1) is 11.8 Å². The van der Waals surface area contributed by atoms with Crippen molar-refractivity contribution in [3.05, 3.63) is 48.2 Å². The highest BCUT2D eigenvalue weighted by Gasteiger charge is 2.08. The first-order valence-corrected chi connectivity index (χ1v) is 4.91. The first-order chi connectivity index (χ1) is 8.29. The molecular weight excluding hydrogens is 222 g/mol. The molecule has 0 aliphatic heterocycles. The minimum absolute atomic E-state index is 0.226. The molecule has 0 fully saturated rings. The summed E-state index contributed by atoms with van der Waals surface area (Å²) in [6.07, 6.45) is 4.57. The molecule has 0 bridgehead atoms. The lowest BCUT2D eigenvalue weighted by molar-refractivity contribution is 0.0953. The molecule has 2 aromatic heterocycles. The second kappa shape index (κ2) is 5.13. The highest BCUT2D eigenvalue weighted by molar-refractivity contribution is 5.93. The average Bonchev–Trinajstić information content (AvgIpc) is 2.85. The molecule has 0 aromatic carbocycles. The Kier molecular flexibility index (Phi) is 3.37. The fourth-order valence-electron chi connectivity index (χ4n) is 1.25. The first-order valence-electron chi connectivity index (χ1n) is 4.91. The molecule has 0 atom stereocenters. The van der Waals surface area contributed by atoms with E-state index in [-0.39, 0.29) is 6.61 Å². The van der Waals surface area contributed by atoms with E-state index >= 15 is 0 Å². The normalized spacial score (nSPS) is 9.94. The molecular formula is C11H11N3O3. The number of ether oxygens (including phenoxy) is 1. The molecule has 0 radical (unpaired) electrons. The molecule has 2 rings (SSSR count). The number of hydrogen-bond donors (Lipinski definition) is 2. The van der Waals surface area contributed by atoms with Gasteiger partial charge < -0.3 is 9.15 Å². The maximum Gasteiger partial charge on any atom is 0.268 e. The van der Waals surface area contributed by atoms with Crippen LogP contribution in [0, 0.1) is 0 Å². The van der Waals surface area contributed by atoms with E-state index < -0.39 is 5.91 Å². The summed E-state index contributed by atoms with van der Waals surface area (Å²) in [7, 11) is 0. The number of carbonyl (C=O) groups excluding carboxylic acids is 1. The Balaban J connectivity index is 1.96. The van der Waals surface area contributed by atoms with Crippen LogP contribution in [0.15, 0.2) is 41.3 Å². The predicted molar refractivity (Wildman–Crippen MR) is 58.9 cm³/mol. The van der Waals surface area contributed by atoms with Crippen molar-refractivity contribution in [2.45, 2.75) is 6.61 Å². The van der Waals surface area contributed by atoms with E-state index in [0.717, 1.165) is 0 Å². The SMILES string of the molecule is NNC(=O)c1coc(COc2cccnc2)c1. The maximum atomic E-state index is 11.2. The van der Waals surface area contributed by atoms with Crippen LogP contribution in [0.25, 0.3) is 0 Å². The Hall–Kier alpha value is -2.34. The van der Waals surface area contributed by atoms with Gasteiger partial charge in [-0.3, -0.25) is 15.2 Å². The molecule has 88 valence electrons. The number of furan rings is 1. The zero-order valence-electron chi connectivity index (χ0n) is 8.92. The molecule has 0 unspecified atom stereocenters. The van der Waals surface area contributed by atoms with E-state index in [4.69, 9.17) is 15.0 Å². The van der Waals surface area contributed by atoms with Gasteiger partial charge in [0, 0.05) is 6.20 Å². The molecule has 0 saturated heterocycles. The molecule has 6 nitrogen and oxygen atoms in total. The summed E-state index contributed by atoms with van der Waals surface area (Å²) >= 11 is 0. The number of pyridine rings is 1. The number of hydrazine groups is 1. The summed E-state index contributed by atoms with van der Waals surface area (Å²) in [6.45, 7) is 0.226. The molecule has 0 aliphatic rings. The van der Waals surface area contributed by atoms with Crippen LogP contribution in [-0.2, 0) is 6.61 Å². The number of hydrogen-bond acceptors (Lipinski definition) is 5. The van der Waals surface area contributed by atoms with Crippen molar-refractivity contribution in [3.8, 4) is 5.75 Å². The number of nitrogens with zero attached hydrogens (tertiary/aromatic N) is 1. The largest absolute Gasteiger partial charge is 0.484 e. The van der Waals surface area contributed by atoms with Crippen LogP contribution in [0.3, 0.4) is 0 Å². The van der Waals surface area contributed by atoms with Crippen molar-refractivity contribution >= 4 is 5.91 Å². The molecule has 2 aromatic rings. The van der Waals surface area contributed by atoms with Crippen molar-refractivity contribution in [2.24, 2.45) is 5.84 Å². The van der Waals surface area contributed by atoms with Gasteiger partial charge in [-0.05, 0) is 18.2 Å². The van der Waals surface area contributed by atoms with Crippen LogP contribution >= 0.6 is 0 Å². The van der Waals surface area contributed by atoms with Crippen molar-refractivity contribution in [1.82, 2.24) is 10.4 Å². The van der Waals surface area contributed by atoms with Gasteiger partial charge in [-0.15, -0.1) is 0 Å². The molecule has 1 amide bonds. The molecule has 6 heteroatoms. The second-order valence-corrected chi connectivity index (χ2v) is 3.25. The summed E-state index contributed by atoms with van der Waals surface area (Å²) in [5.41, 5.74) is 2.38. The van der Waals surface area contributed by atoms with Crippen molar-refractivity contribution in [3.63, 3.8) is 0 Å². The number of nitrogens with two attached hydrogens (primary N) is 1. The number of amides is 1. The summed E-state index contributed by atoms with van der Waals surface area (Å²) in [5.74, 6) is 5.76. The maximum absolute atomic E-state index is 11.2. The molecule has 0 aliphatic carbocycles. The molecule has 0 saturated carbocycles. The van der Waals surface area contributed by atoms with Gasteiger partial charge in [0.25, 0.3) is 5.91 Å². The van der Waals surface area contributed by atoms with Crippen LogP contribution in [0.4, 0.5) is 0 Å². The van der Waals surface area contributed by atoms with Crippen LogP contribution in [0.1, 0.15) is 16.1 Å². The topological polar surface area (TPSA) is 90.4 Å². The summed E-state index contributed by atoms with van der Waals surface area (Å²) < 4.78 is 10.5. The lowest BCUT2D eigenvalue weighted by atomic mass is 10.3. The summed E-state index contributed by atoms with van der Waals surface area (Å²) in [6, 6.07) is 5.12. The van der Waals surface area contributed by atoms with E-state index in [0.29, 0.717) is 17.1 Å². The third-order valence-electron chi connectivity index (χ3n) is 2.06. The van der Waals surface area contributed by atoms with E-state index in [9.17, 15) is 4.79 Å². The minimum atomic E-state index is -0.402. The molecule has 17 heavy (non-hydrogen) atoms. The van der Waals surface area contributed by atoms with E-state index in [2.05, 4.69) is 4.98 Å². The lowest BCUT2D eigenvalue weighted by Crippen LogP contribution is -2.29. The number of aromatic nitrogens is 1. The third-order valence-corrected chi connectivity index (χ3v) is 2.06. The number of carbonyl (C=O) groups is 1. The fraction of sp³-hybridized carbons (Fsp3) is 0.0909. The molecule has 3 N–H and O–H groups in total. The predicted octanol–water partition coefficient (Wildman–Crippen LogP) is 0.857. The van der Waals surface area contributed by atoms with Gasteiger partial charge in [-0.1, -0.05) is 0 Å². The Bertz CT molecular complexity index is 496. The van der Waals surface area contributed by atoms with Gasteiger partial charge in [0.15, 0.2) is 0 Å². The monoisotopic (exact) mass is 233 g/mol. The smallest absolute Gasteiger partial charge is 0.268 e. The van der Waals surface area contributed by atoms with Crippen LogP contribution in [0.2, 0.25) is 0 Å². The van der Waals surface area contributed by atoms with Gasteiger partial charge in [0.2, 0.25) is 0 Å². The molecule has 2 heterocycles. The Labute approximate surface area is 97.4 Å². The Morgan fingerprint density at radius 1 is 1.59 bits per heavy atom. The number of nitrogens with one attached hydrogen (secondary N) is 1. The summed E-state index contributed by atoms with van der Waals surface area (Å²) in [5, 5.41) is 0. The standard InChI is InChI=1S/C11H11N3O3/c12-14-11(15)8-4-10(16-6-8)7-17-9-2-1-3-13-5-9/h1-6H,7,12H2,(H,14,15).